The van der Waals surface area contributed by atoms with E-state index in [1.54, 1.807) is 0 Å². The van der Waals surface area contributed by atoms with E-state index in [4.69, 9.17) is 4.43 Å². The molecule has 0 bridgehead atoms. The molecule has 17 heavy (non-hydrogen) atoms. The highest BCUT2D eigenvalue weighted by Crippen LogP contribution is 2.36. The fourth-order valence-electron chi connectivity index (χ4n) is 1.06. The summed E-state index contributed by atoms with van der Waals surface area (Å²) in [6.45, 7) is 16.7. The molecule has 0 unspecified atom stereocenters. The average molecular weight is 257 g/mol. The van der Waals surface area contributed by atoms with Crippen LogP contribution in [-0.4, -0.2) is 28.0 Å². The van der Waals surface area contributed by atoms with Crippen molar-refractivity contribution in [2.45, 2.75) is 58.8 Å². The minimum atomic E-state index is -1.58. The third-order valence-corrected chi connectivity index (χ3v) is 8.20. The Balaban J connectivity index is 4.17. The Morgan fingerprint density at radius 3 is 2.12 bits per heavy atom. The van der Waals surface area contributed by atoms with Gasteiger partial charge in [-0.15, -0.1) is 0 Å². The molecule has 1 N–H and O–H groups in total. The first-order valence-electron chi connectivity index (χ1n) is 6.59. The zero-order valence-corrected chi connectivity index (χ0v) is 13.9. The summed E-state index contributed by atoms with van der Waals surface area (Å²) in [5.41, 5.74) is 0. The zero-order chi connectivity index (χ0) is 13.7. The third kappa shape index (κ3) is 6.39. The molecular formula is C14H31NOSi. The van der Waals surface area contributed by atoms with Crippen molar-refractivity contribution in [1.29, 1.82) is 0 Å². The fourth-order valence-corrected chi connectivity index (χ4v) is 2.18. The Morgan fingerprint density at radius 1 is 1.18 bits per heavy atom. The Hall–Kier alpha value is -0.123. The lowest BCUT2D eigenvalue weighted by Crippen LogP contribution is -2.41. The Kier molecular flexibility index (Phi) is 6.67. The molecule has 102 valence electrons. The summed E-state index contributed by atoms with van der Waals surface area (Å²) in [4.78, 5) is 0. The number of likely N-dealkylation sites (N-methyl/N-ethyl adjacent to an activating group) is 1. The molecule has 0 aliphatic carbocycles. The third-order valence-electron chi connectivity index (χ3n) is 3.70. The van der Waals surface area contributed by atoms with Crippen LogP contribution in [0, 0.1) is 5.92 Å². The van der Waals surface area contributed by atoms with Gasteiger partial charge in [-0.3, -0.25) is 0 Å². The predicted molar refractivity (Wildman–Crippen MR) is 80.0 cm³/mol. The molecule has 2 atom stereocenters. The van der Waals surface area contributed by atoms with Crippen molar-refractivity contribution in [2.75, 3.05) is 13.7 Å². The molecule has 0 radical (unpaired) electrons. The zero-order valence-electron chi connectivity index (χ0n) is 12.9. The van der Waals surface area contributed by atoms with Crippen LogP contribution in [0.4, 0.5) is 0 Å². The van der Waals surface area contributed by atoms with Crippen molar-refractivity contribution >= 4 is 8.32 Å². The highest BCUT2D eigenvalue weighted by Gasteiger charge is 2.37. The van der Waals surface area contributed by atoms with Crippen molar-refractivity contribution in [3.63, 3.8) is 0 Å². The van der Waals surface area contributed by atoms with Crippen molar-refractivity contribution in [2.24, 2.45) is 5.92 Å². The van der Waals surface area contributed by atoms with Gasteiger partial charge in [0.15, 0.2) is 8.32 Å². The van der Waals surface area contributed by atoms with Gasteiger partial charge in [0.1, 0.15) is 0 Å². The summed E-state index contributed by atoms with van der Waals surface area (Å²) in [7, 11) is 0.396. The van der Waals surface area contributed by atoms with Crippen LogP contribution in [0.5, 0.6) is 0 Å². The Labute approximate surface area is 109 Å². The quantitative estimate of drug-likeness (QED) is 0.577. The molecule has 0 spiro atoms. The van der Waals surface area contributed by atoms with Gasteiger partial charge in [-0.25, -0.2) is 0 Å². The molecular weight excluding hydrogens is 226 g/mol. The van der Waals surface area contributed by atoms with Crippen LogP contribution in [0.2, 0.25) is 18.1 Å². The van der Waals surface area contributed by atoms with Gasteiger partial charge in [-0.05, 0) is 38.0 Å². The summed E-state index contributed by atoms with van der Waals surface area (Å²) in [6, 6.07) is 0.435. The van der Waals surface area contributed by atoms with Crippen molar-refractivity contribution < 1.29 is 4.43 Å². The van der Waals surface area contributed by atoms with Gasteiger partial charge in [0.05, 0.1) is 0 Å². The lowest BCUT2D eigenvalue weighted by Gasteiger charge is -2.36. The average Bonchev–Trinajstić information content (AvgIpc) is 2.21. The molecule has 0 aliphatic rings. The molecule has 0 saturated heterocycles. The molecule has 0 aromatic heterocycles. The van der Waals surface area contributed by atoms with Crippen LogP contribution in [0.3, 0.4) is 0 Å². The van der Waals surface area contributed by atoms with Gasteiger partial charge >= 0.3 is 0 Å². The molecule has 0 rings (SSSR count). The topological polar surface area (TPSA) is 21.3 Å². The maximum atomic E-state index is 6.19. The smallest absolute Gasteiger partial charge is 0.192 e. The summed E-state index contributed by atoms with van der Waals surface area (Å²) in [5.74, 6) is 0.486. The fraction of sp³-hybridized carbons (Fsp3) is 0.857. The molecule has 0 aromatic carbocycles. The molecule has 0 saturated carbocycles. The van der Waals surface area contributed by atoms with Crippen LogP contribution >= 0.6 is 0 Å². The second-order valence-corrected chi connectivity index (χ2v) is 11.3. The van der Waals surface area contributed by atoms with E-state index in [0.717, 1.165) is 6.61 Å². The van der Waals surface area contributed by atoms with Crippen LogP contribution < -0.4 is 5.32 Å². The monoisotopic (exact) mass is 257 g/mol. The van der Waals surface area contributed by atoms with E-state index in [0.29, 0.717) is 17.0 Å². The Bertz CT molecular complexity index is 243. The van der Waals surface area contributed by atoms with Gasteiger partial charge < -0.3 is 9.74 Å². The highest BCUT2D eigenvalue weighted by atomic mass is 28.4. The molecule has 0 amide bonds. The van der Waals surface area contributed by atoms with Gasteiger partial charge in [-0.2, -0.15) is 0 Å². The normalized spacial score (nSPS) is 17.4. The summed E-state index contributed by atoms with van der Waals surface area (Å²) in [5, 5.41) is 3.50. The molecule has 2 nitrogen and oxygen atoms in total. The van der Waals surface area contributed by atoms with Crippen molar-refractivity contribution in [1.82, 2.24) is 5.32 Å². The first-order chi connectivity index (χ1) is 7.60. The minimum Gasteiger partial charge on any atom is -0.416 e. The van der Waals surface area contributed by atoms with E-state index in [2.05, 4.69) is 65.2 Å². The van der Waals surface area contributed by atoms with Crippen LogP contribution in [0.25, 0.3) is 0 Å². The van der Waals surface area contributed by atoms with E-state index in [1.165, 1.54) is 0 Å². The van der Waals surface area contributed by atoms with E-state index in [9.17, 15) is 0 Å². The molecule has 0 aromatic rings. The summed E-state index contributed by atoms with van der Waals surface area (Å²) >= 11 is 0. The number of rotatable bonds is 6. The predicted octanol–water partition coefficient (Wildman–Crippen LogP) is 3.81. The van der Waals surface area contributed by atoms with Crippen LogP contribution in [-0.2, 0) is 4.43 Å². The minimum absolute atomic E-state index is 0.300. The van der Waals surface area contributed by atoms with Gasteiger partial charge in [0.25, 0.3) is 0 Å². The van der Waals surface area contributed by atoms with Crippen molar-refractivity contribution in [3.8, 4) is 0 Å². The summed E-state index contributed by atoms with van der Waals surface area (Å²) in [6.07, 6.45) is 4.45. The first-order valence-corrected chi connectivity index (χ1v) is 9.50. The van der Waals surface area contributed by atoms with E-state index in [1.807, 2.05) is 7.05 Å². The molecule has 0 aliphatic heterocycles. The number of hydrogen-bond donors (Lipinski definition) is 1. The maximum absolute atomic E-state index is 6.19. The van der Waals surface area contributed by atoms with Crippen molar-refractivity contribution in [3.05, 3.63) is 12.2 Å². The number of hydrogen-bond acceptors (Lipinski definition) is 2. The Morgan fingerprint density at radius 2 is 1.71 bits per heavy atom. The second-order valence-electron chi connectivity index (χ2n) is 6.51. The van der Waals surface area contributed by atoms with E-state index >= 15 is 0 Å². The van der Waals surface area contributed by atoms with E-state index < -0.39 is 8.32 Å². The SMILES string of the molecule is CN[C@@H](C)/C=C/[C@H](C)CO[Si](C)(C)C(C)(C)C. The number of nitrogens with one attached hydrogen (secondary N) is 1. The lowest BCUT2D eigenvalue weighted by molar-refractivity contribution is 0.259. The highest BCUT2D eigenvalue weighted by molar-refractivity contribution is 6.74. The van der Waals surface area contributed by atoms with Gasteiger partial charge in [0.2, 0.25) is 0 Å². The first kappa shape index (κ1) is 16.9. The standard InChI is InChI=1S/C14H31NOSi/c1-12(9-10-13(2)15-6)11-16-17(7,8)14(3,4)5/h9-10,12-13,15H,11H2,1-8H3/b10-9+/t12-,13-/m0/s1. The van der Waals surface area contributed by atoms with Crippen LogP contribution in [0.1, 0.15) is 34.6 Å². The molecule has 0 heterocycles. The van der Waals surface area contributed by atoms with E-state index in [-0.39, 0.29) is 0 Å². The second kappa shape index (κ2) is 6.71. The summed E-state index contributed by atoms with van der Waals surface area (Å²) < 4.78 is 6.19. The molecule has 0 fully saturated rings. The molecule has 3 heteroatoms. The van der Waals surface area contributed by atoms with Crippen LogP contribution in [0.15, 0.2) is 12.2 Å². The lowest BCUT2D eigenvalue weighted by atomic mass is 10.1. The van der Waals surface area contributed by atoms with Gasteiger partial charge in [0, 0.05) is 12.6 Å². The van der Waals surface area contributed by atoms with Gasteiger partial charge in [-0.1, -0.05) is 39.8 Å². The largest absolute Gasteiger partial charge is 0.416 e. The maximum Gasteiger partial charge on any atom is 0.192 e.